The van der Waals surface area contributed by atoms with Crippen LogP contribution in [0.3, 0.4) is 0 Å². The Morgan fingerprint density at radius 2 is 1.32 bits per heavy atom. The molecule has 0 aliphatic rings. The van der Waals surface area contributed by atoms with Crippen LogP contribution in [0.4, 0.5) is 17.2 Å². The van der Waals surface area contributed by atoms with Gasteiger partial charge in [-0.3, -0.25) is 9.88 Å². The summed E-state index contributed by atoms with van der Waals surface area (Å²) in [6, 6.07) is 39.4. The lowest BCUT2D eigenvalue weighted by molar-refractivity contribution is 0.999. The smallest absolute Gasteiger partial charge is 0.140 e. The first kappa shape index (κ1) is 19.9. The number of rotatable bonds is 5. The number of pyridine rings is 2. The van der Waals surface area contributed by atoms with E-state index < -0.39 is 0 Å². The van der Waals surface area contributed by atoms with E-state index in [0.29, 0.717) is 0 Å². The molecule has 0 bridgehead atoms. The molecule has 0 saturated carbocycles. The predicted molar refractivity (Wildman–Crippen MR) is 139 cm³/mol. The largest absolute Gasteiger partial charge is 0.309 e. The maximum absolute atomic E-state index is 4.98. The van der Waals surface area contributed by atoms with Crippen molar-refractivity contribution in [2.75, 3.05) is 4.90 Å². The summed E-state index contributed by atoms with van der Waals surface area (Å²) in [7, 11) is 0. The number of hydrogen-bond donors (Lipinski definition) is 0. The molecule has 162 valence electrons. The van der Waals surface area contributed by atoms with E-state index in [1.54, 1.807) is 0 Å². The summed E-state index contributed by atoms with van der Waals surface area (Å²) in [5.41, 5.74) is 4.08. The summed E-state index contributed by atoms with van der Waals surface area (Å²) < 4.78 is 2.02. The average molecular weight is 439 g/mol. The van der Waals surface area contributed by atoms with Gasteiger partial charge in [-0.25, -0.2) is 4.98 Å². The first-order chi connectivity index (χ1) is 16.8. The Bertz CT molecular complexity index is 1560. The molecule has 0 spiro atoms. The van der Waals surface area contributed by atoms with Crippen LogP contribution in [0, 0.1) is 0 Å². The van der Waals surface area contributed by atoms with Crippen LogP contribution in [0.1, 0.15) is 0 Å². The molecule has 4 nitrogen and oxygen atoms in total. The normalized spacial score (nSPS) is 10.9. The van der Waals surface area contributed by atoms with Crippen LogP contribution in [0.2, 0.25) is 0 Å². The zero-order chi connectivity index (χ0) is 22.7. The number of nitrogens with zero attached hydrogens (tertiary/aromatic N) is 4. The van der Waals surface area contributed by atoms with E-state index in [9.17, 15) is 0 Å². The molecule has 0 unspecified atom stereocenters. The molecule has 0 aliphatic carbocycles. The van der Waals surface area contributed by atoms with E-state index in [-0.39, 0.29) is 0 Å². The summed E-state index contributed by atoms with van der Waals surface area (Å²) in [5.74, 6) is 1.72. The number of hydrogen-bond acceptors (Lipinski definition) is 3. The fourth-order valence-electron chi connectivity index (χ4n) is 4.20. The SMILES string of the molecule is c1ccc(N(c2cccc(-c3cc4ccccc4cn3)c2)c2cccc(-n3cccc3)n2)cc1. The highest BCUT2D eigenvalue weighted by Gasteiger charge is 2.15. The molecule has 3 heterocycles. The van der Waals surface area contributed by atoms with Crippen molar-refractivity contribution >= 4 is 28.0 Å². The third-order valence-corrected chi connectivity index (χ3v) is 5.86. The second-order valence-corrected chi connectivity index (χ2v) is 8.08. The third-order valence-electron chi connectivity index (χ3n) is 5.86. The van der Waals surface area contributed by atoms with Crippen LogP contribution < -0.4 is 4.90 Å². The quantitative estimate of drug-likeness (QED) is 0.278. The summed E-state index contributed by atoms with van der Waals surface area (Å²) in [6.07, 6.45) is 5.95. The highest BCUT2D eigenvalue weighted by molar-refractivity contribution is 5.86. The Morgan fingerprint density at radius 3 is 2.18 bits per heavy atom. The number of fused-ring (bicyclic) bond motifs is 1. The maximum Gasteiger partial charge on any atom is 0.140 e. The molecule has 3 aromatic heterocycles. The van der Waals surface area contributed by atoms with Crippen LogP contribution >= 0.6 is 0 Å². The zero-order valence-electron chi connectivity index (χ0n) is 18.5. The van der Waals surface area contributed by atoms with Gasteiger partial charge < -0.3 is 4.57 Å². The summed E-state index contributed by atoms with van der Waals surface area (Å²) in [4.78, 5) is 11.9. The van der Waals surface area contributed by atoms with Crippen molar-refractivity contribution < 1.29 is 0 Å². The molecule has 0 aliphatic heterocycles. The van der Waals surface area contributed by atoms with Gasteiger partial charge >= 0.3 is 0 Å². The molecule has 6 aromatic rings. The predicted octanol–water partition coefficient (Wildman–Crippen LogP) is 7.56. The van der Waals surface area contributed by atoms with Crippen molar-refractivity contribution in [3.8, 4) is 17.1 Å². The van der Waals surface area contributed by atoms with Crippen molar-refractivity contribution in [1.29, 1.82) is 0 Å². The van der Waals surface area contributed by atoms with Gasteiger partial charge in [-0.2, -0.15) is 0 Å². The number of benzene rings is 3. The minimum Gasteiger partial charge on any atom is -0.309 e. The first-order valence-corrected chi connectivity index (χ1v) is 11.3. The molecule has 0 atom stereocenters. The molecule has 6 rings (SSSR count). The number of anilines is 3. The van der Waals surface area contributed by atoms with Gasteiger partial charge in [-0.15, -0.1) is 0 Å². The van der Waals surface area contributed by atoms with E-state index in [4.69, 9.17) is 9.97 Å². The van der Waals surface area contributed by atoms with Gasteiger partial charge in [-0.05, 0) is 60.0 Å². The van der Waals surface area contributed by atoms with Crippen LogP contribution in [0.25, 0.3) is 27.8 Å². The first-order valence-electron chi connectivity index (χ1n) is 11.3. The van der Waals surface area contributed by atoms with Gasteiger partial charge in [0.1, 0.15) is 11.6 Å². The minimum atomic E-state index is 0.848. The fourth-order valence-corrected chi connectivity index (χ4v) is 4.20. The molecule has 0 N–H and O–H groups in total. The molecule has 0 fully saturated rings. The summed E-state index contributed by atoms with van der Waals surface area (Å²) in [5, 5.41) is 2.32. The van der Waals surface area contributed by atoms with E-state index in [1.807, 2.05) is 77.8 Å². The van der Waals surface area contributed by atoms with Gasteiger partial charge in [-0.1, -0.05) is 60.7 Å². The van der Waals surface area contributed by atoms with Crippen LogP contribution in [-0.4, -0.2) is 14.5 Å². The van der Waals surface area contributed by atoms with E-state index in [2.05, 4.69) is 65.6 Å². The molecular weight excluding hydrogens is 416 g/mol. The Kier molecular flexibility index (Phi) is 5.09. The lowest BCUT2D eigenvalue weighted by Gasteiger charge is -2.25. The fraction of sp³-hybridized carbons (Fsp3) is 0. The molecule has 0 amide bonds. The van der Waals surface area contributed by atoms with Crippen molar-refractivity contribution in [3.63, 3.8) is 0 Å². The second kappa shape index (κ2) is 8.68. The average Bonchev–Trinajstić information content (AvgIpc) is 3.45. The third kappa shape index (κ3) is 3.82. The standard InChI is InChI=1S/C30H22N4/c1-2-13-26(14-3-1)34(30-17-9-16-29(32-30)33-18-6-7-19-33)27-15-8-12-24(20-27)28-21-23-10-4-5-11-25(23)22-31-28/h1-22H. The van der Waals surface area contributed by atoms with Crippen LogP contribution in [-0.2, 0) is 0 Å². The Morgan fingerprint density at radius 1 is 0.588 bits per heavy atom. The number of para-hydroxylation sites is 1. The Hall–Kier alpha value is -4.70. The van der Waals surface area contributed by atoms with E-state index in [0.717, 1.165) is 39.7 Å². The molecule has 3 aromatic carbocycles. The van der Waals surface area contributed by atoms with Crippen LogP contribution in [0.5, 0.6) is 0 Å². The van der Waals surface area contributed by atoms with Gasteiger partial charge in [0.25, 0.3) is 0 Å². The second-order valence-electron chi connectivity index (χ2n) is 8.08. The summed E-state index contributed by atoms with van der Waals surface area (Å²) in [6.45, 7) is 0. The summed E-state index contributed by atoms with van der Waals surface area (Å²) >= 11 is 0. The van der Waals surface area contributed by atoms with Crippen LogP contribution in [0.15, 0.2) is 134 Å². The van der Waals surface area contributed by atoms with E-state index in [1.165, 1.54) is 5.39 Å². The Labute approximate surface area is 198 Å². The Balaban J connectivity index is 1.47. The van der Waals surface area contributed by atoms with Gasteiger partial charge in [0.2, 0.25) is 0 Å². The lowest BCUT2D eigenvalue weighted by atomic mass is 10.1. The highest BCUT2D eigenvalue weighted by Crippen LogP contribution is 2.35. The zero-order valence-corrected chi connectivity index (χ0v) is 18.5. The van der Waals surface area contributed by atoms with Gasteiger partial charge in [0.05, 0.1) is 5.69 Å². The van der Waals surface area contributed by atoms with Crippen molar-refractivity contribution in [1.82, 2.24) is 14.5 Å². The van der Waals surface area contributed by atoms with Crippen molar-refractivity contribution in [2.45, 2.75) is 0 Å². The topological polar surface area (TPSA) is 34.0 Å². The van der Waals surface area contributed by atoms with Gasteiger partial charge in [0.15, 0.2) is 0 Å². The monoisotopic (exact) mass is 438 g/mol. The molecule has 0 saturated heterocycles. The lowest BCUT2D eigenvalue weighted by Crippen LogP contribution is -2.12. The highest BCUT2D eigenvalue weighted by atomic mass is 15.2. The molecule has 4 heteroatoms. The minimum absolute atomic E-state index is 0.848. The van der Waals surface area contributed by atoms with E-state index >= 15 is 0 Å². The molecular formula is C30H22N4. The molecule has 0 radical (unpaired) electrons. The van der Waals surface area contributed by atoms with Crippen molar-refractivity contribution in [2.24, 2.45) is 0 Å². The maximum atomic E-state index is 4.98. The van der Waals surface area contributed by atoms with Gasteiger partial charge in [0, 0.05) is 40.9 Å². The van der Waals surface area contributed by atoms with Crippen molar-refractivity contribution in [3.05, 3.63) is 134 Å². The number of aromatic nitrogens is 3. The molecule has 34 heavy (non-hydrogen) atoms.